The quantitative estimate of drug-likeness (QED) is 0.826. The van der Waals surface area contributed by atoms with Crippen LogP contribution in [0.25, 0.3) is 0 Å². The first kappa shape index (κ1) is 17.7. The van der Waals surface area contributed by atoms with Crippen molar-refractivity contribution in [2.45, 2.75) is 42.8 Å². The molecule has 1 aliphatic rings. The minimum Gasteiger partial charge on any atom is -0.481 e. The van der Waals surface area contributed by atoms with Crippen molar-refractivity contribution in [3.8, 4) is 0 Å². The first-order valence-corrected chi connectivity index (χ1v) is 8.86. The van der Waals surface area contributed by atoms with Gasteiger partial charge in [-0.25, -0.2) is 4.79 Å². The van der Waals surface area contributed by atoms with Crippen molar-refractivity contribution in [1.29, 1.82) is 0 Å². The highest BCUT2D eigenvalue weighted by molar-refractivity contribution is 8.00. The number of carboxylic acid groups (broad SMARTS) is 1. The molecule has 1 saturated carbocycles. The lowest BCUT2D eigenvalue weighted by Crippen LogP contribution is -2.36. The van der Waals surface area contributed by atoms with Gasteiger partial charge in [0.1, 0.15) is 0 Å². The van der Waals surface area contributed by atoms with Crippen LogP contribution in [0.5, 0.6) is 0 Å². The van der Waals surface area contributed by atoms with Crippen LogP contribution >= 0.6 is 11.8 Å². The Hall–Kier alpha value is -1.69. The number of benzene rings is 1. The number of anilines is 1. The zero-order valence-corrected chi connectivity index (χ0v) is 14.4. The molecule has 126 valence electrons. The molecule has 2 N–H and O–H groups in total. The van der Waals surface area contributed by atoms with E-state index in [9.17, 15) is 9.59 Å². The number of aliphatic carboxylic acids is 1. The largest absolute Gasteiger partial charge is 0.481 e. The summed E-state index contributed by atoms with van der Waals surface area (Å²) in [5.74, 6) is -1.49. The van der Waals surface area contributed by atoms with E-state index >= 15 is 0 Å². The lowest BCUT2D eigenvalue weighted by molar-refractivity contribution is -0.141. The van der Waals surface area contributed by atoms with Gasteiger partial charge < -0.3 is 15.3 Å². The second-order valence-corrected chi connectivity index (χ2v) is 7.41. The lowest BCUT2D eigenvalue weighted by Gasteiger charge is -2.21. The van der Waals surface area contributed by atoms with Gasteiger partial charge in [-0.15, -0.1) is 11.8 Å². The molecular weight excluding hydrogens is 312 g/mol. The van der Waals surface area contributed by atoms with Crippen LogP contribution in [0, 0.1) is 5.92 Å². The van der Waals surface area contributed by atoms with Crippen LogP contribution in [0.1, 0.15) is 32.6 Å². The van der Waals surface area contributed by atoms with E-state index in [4.69, 9.17) is 5.11 Å². The molecule has 1 unspecified atom stereocenters. The summed E-state index contributed by atoms with van der Waals surface area (Å²) in [4.78, 5) is 25.7. The standard InChI is InChI=1S/C17H24N2O3S/c1-12(16(20)21)11-19(2)17(22)18-14-9-5-6-10-15(14)23-13-7-3-4-8-13/h5-6,9-10,12-13H,3-4,7-8,11H2,1-2H3,(H,18,22)(H,20,21). The Morgan fingerprint density at radius 2 is 2.00 bits per heavy atom. The molecule has 0 aromatic heterocycles. The fraction of sp³-hybridized carbons (Fsp3) is 0.529. The predicted octanol–water partition coefficient (Wildman–Crippen LogP) is 3.91. The molecular formula is C17H24N2O3S. The third-order valence-corrected chi connectivity index (χ3v) is 5.46. The van der Waals surface area contributed by atoms with Gasteiger partial charge in [-0.3, -0.25) is 4.79 Å². The maximum absolute atomic E-state index is 12.3. The summed E-state index contributed by atoms with van der Waals surface area (Å²) in [6, 6.07) is 7.51. The number of urea groups is 1. The second-order valence-electron chi connectivity index (χ2n) is 6.07. The molecule has 1 atom stereocenters. The summed E-state index contributed by atoms with van der Waals surface area (Å²) in [6.45, 7) is 1.77. The first-order chi connectivity index (χ1) is 11.0. The summed E-state index contributed by atoms with van der Waals surface area (Å²) < 4.78 is 0. The molecule has 2 rings (SSSR count). The average Bonchev–Trinajstić information content (AvgIpc) is 3.02. The molecule has 0 bridgehead atoms. The van der Waals surface area contributed by atoms with Crippen LogP contribution in [0.2, 0.25) is 0 Å². The van der Waals surface area contributed by atoms with Gasteiger partial charge in [0.2, 0.25) is 0 Å². The summed E-state index contributed by atoms with van der Waals surface area (Å²) in [6.07, 6.45) is 5.01. The lowest BCUT2D eigenvalue weighted by atomic mass is 10.2. The number of nitrogens with one attached hydrogen (secondary N) is 1. The van der Waals surface area contributed by atoms with Gasteiger partial charge in [0.25, 0.3) is 0 Å². The molecule has 1 fully saturated rings. The van der Waals surface area contributed by atoms with Gasteiger partial charge in [-0.2, -0.15) is 0 Å². The molecule has 1 aliphatic carbocycles. The van der Waals surface area contributed by atoms with E-state index in [1.54, 1.807) is 14.0 Å². The van der Waals surface area contributed by atoms with Crippen LogP contribution in [0.15, 0.2) is 29.2 Å². The number of amides is 2. The van der Waals surface area contributed by atoms with Crippen LogP contribution < -0.4 is 5.32 Å². The van der Waals surface area contributed by atoms with Gasteiger partial charge in [-0.1, -0.05) is 31.9 Å². The maximum Gasteiger partial charge on any atom is 0.321 e. The van der Waals surface area contributed by atoms with Gasteiger partial charge in [0, 0.05) is 23.7 Å². The van der Waals surface area contributed by atoms with Crippen LogP contribution in [0.4, 0.5) is 10.5 Å². The van der Waals surface area contributed by atoms with Crippen LogP contribution in [-0.2, 0) is 4.79 Å². The molecule has 2 amide bonds. The van der Waals surface area contributed by atoms with E-state index in [1.807, 2.05) is 36.0 Å². The topological polar surface area (TPSA) is 69.6 Å². The zero-order chi connectivity index (χ0) is 16.8. The van der Waals surface area contributed by atoms with Crippen LogP contribution in [0.3, 0.4) is 0 Å². The van der Waals surface area contributed by atoms with Gasteiger partial charge in [-0.05, 0) is 25.0 Å². The fourth-order valence-corrected chi connectivity index (χ4v) is 3.97. The van der Waals surface area contributed by atoms with E-state index in [2.05, 4.69) is 5.32 Å². The molecule has 0 aliphatic heterocycles. The highest BCUT2D eigenvalue weighted by Crippen LogP contribution is 2.38. The molecule has 23 heavy (non-hydrogen) atoms. The van der Waals surface area contributed by atoms with E-state index in [-0.39, 0.29) is 12.6 Å². The molecule has 0 radical (unpaired) electrons. The minimum atomic E-state index is -0.901. The molecule has 0 saturated heterocycles. The minimum absolute atomic E-state index is 0.180. The van der Waals surface area contributed by atoms with Crippen molar-refractivity contribution < 1.29 is 14.7 Å². The van der Waals surface area contributed by atoms with Gasteiger partial charge >= 0.3 is 12.0 Å². The Morgan fingerprint density at radius 1 is 1.35 bits per heavy atom. The zero-order valence-electron chi connectivity index (χ0n) is 13.6. The molecule has 0 heterocycles. The molecule has 0 spiro atoms. The van der Waals surface area contributed by atoms with Crippen molar-refractivity contribution >= 4 is 29.4 Å². The SMILES string of the molecule is CC(CN(C)C(=O)Nc1ccccc1SC1CCCC1)C(=O)O. The molecule has 6 heteroatoms. The van der Waals surface area contributed by atoms with Crippen molar-refractivity contribution in [1.82, 2.24) is 4.90 Å². The monoisotopic (exact) mass is 336 g/mol. The van der Waals surface area contributed by atoms with E-state index in [0.29, 0.717) is 5.25 Å². The van der Waals surface area contributed by atoms with Crippen molar-refractivity contribution in [3.05, 3.63) is 24.3 Å². The Morgan fingerprint density at radius 3 is 2.65 bits per heavy atom. The second kappa shape index (κ2) is 8.24. The number of nitrogens with zero attached hydrogens (tertiary/aromatic N) is 1. The Labute approximate surface area is 141 Å². The van der Waals surface area contributed by atoms with E-state index in [0.717, 1.165) is 10.6 Å². The third kappa shape index (κ3) is 5.16. The van der Waals surface area contributed by atoms with Gasteiger partial charge in [0.05, 0.1) is 11.6 Å². The number of hydrogen-bond donors (Lipinski definition) is 2. The first-order valence-electron chi connectivity index (χ1n) is 7.98. The highest BCUT2D eigenvalue weighted by Gasteiger charge is 2.20. The summed E-state index contributed by atoms with van der Waals surface area (Å²) >= 11 is 1.82. The number of para-hydroxylation sites is 1. The molecule has 1 aromatic carbocycles. The number of carbonyl (C=O) groups is 2. The average molecular weight is 336 g/mol. The van der Waals surface area contributed by atoms with Crippen molar-refractivity contribution in [2.75, 3.05) is 18.9 Å². The normalized spacial score (nSPS) is 16.1. The number of rotatable bonds is 6. The number of carboxylic acids is 1. The van der Waals surface area contributed by atoms with Crippen LogP contribution in [-0.4, -0.2) is 40.8 Å². The number of carbonyl (C=O) groups excluding carboxylic acids is 1. The molecule has 1 aromatic rings. The smallest absolute Gasteiger partial charge is 0.321 e. The van der Waals surface area contributed by atoms with E-state index < -0.39 is 11.9 Å². The maximum atomic E-state index is 12.3. The number of thioether (sulfide) groups is 1. The van der Waals surface area contributed by atoms with E-state index in [1.165, 1.54) is 30.6 Å². The Balaban J connectivity index is 1.98. The highest BCUT2D eigenvalue weighted by atomic mass is 32.2. The summed E-state index contributed by atoms with van der Waals surface area (Å²) in [7, 11) is 1.61. The third-order valence-electron chi connectivity index (χ3n) is 4.04. The number of hydrogen-bond acceptors (Lipinski definition) is 3. The summed E-state index contributed by atoms with van der Waals surface area (Å²) in [5.41, 5.74) is 0.796. The van der Waals surface area contributed by atoms with Gasteiger partial charge in [0.15, 0.2) is 0 Å². The Kier molecular flexibility index (Phi) is 6.33. The molecule has 5 nitrogen and oxygen atoms in total. The van der Waals surface area contributed by atoms with Crippen molar-refractivity contribution in [2.24, 2.45) is 5.92 Å². The van der Waals surface area contributed by atoms with Crippen molar-refractivity contribution in [3.63, 3.8) is 0 Å². The predicted molar refractivity (Wildman–Crippen MR) is 93.0 cm³/mol. The fourth-order valence-electron chi connectivity index (χ4n) is 2.64. The Bertz CT molecular complexity index is 559. The summed E-state index contributed by atoms with van der Waals surface area (Å²) in [5, 5.41) is 12.5.